The van der Waals surface area contributed by atoms with Crippen LogP contribution in [0, 0.1) is 0 Å². The molecule has 0 unspecified atom stereocenters. The number of carboxylic acids is 1. The summed E-state index contributed by atoms with van der Waals surface area (Å²) < 4.78 is 36.6. The van der Waals surface area contributed by atoms with Crippen LogP contribution in [0.25, 0.3) is 0 Å². The molecule has 3 nitrogen and oxygen atoms in total. The van der Waals surface area contributed by atoms with Crippen LogP contribution in [0.1, 0.15) is 12.0 Å². The van der Waals surface area contributed by atoms with Crippen molar-refractivity contribution in [2.24, 2.45) is 0 Å². The van der Waals surface area contributed by atoms with Crippen molar-refractivity contribution in [2.75, 3.05) is 0 Å². The molecule has 0 radical (unpaired) electrons. The van der Waals surface area contributed by atoms with Crippen LogP contribution in [0.2, 0.25) is 0 Å². The summed E-state index contributed by atoms with van der Waals surface area (Å²) >= 11 is 0.604. The van der Waals surface area contributed by atoms with E-state index in [4.69, 9.17) is 5.11 Å². The van der Waals surface area contributed by atoms with E-state index >= 15 is 0 Å². The monoisotopic (exact) mass is 264 g/mol. The van der Waals surface area contributed by atoms with E-state index in [1.165, 1.54) is 0 Å². The molecule has 0 amide bonds. The van der Waals surface area contributed by atoms with Crippen molar-refractivity contribution >= 4 is 22.8 Å². The Hall–Kier alpha value is -1.50. The van der Waals surface area contributed by atoms with Gasteiger partial charge >= 0.3 is 12.1 Å². The summed E-state index contributed by atoms with van der Waals surface area (Å²) in [6, 6.07) is 3.95. The predicted molar refractivity (Wildman–Crippen MR) is 54.6 cm³/mol. The Morgan fingerprint density at radius 3 is 2.12 bits per heavy atom. The van der Waals surface area contributed by atoms with E-state index in [0.717, 1.165) is 24.3 Å². The number of rotatable bonds is 3. The molecule has 0 atom stereocenters. The topological polar surface area (TPSA) is 54.4 Å². The van der Waals surface area contributed by atoms with Crippen LogP contribution in [-0.4, -0.2) is 16.2 Å². The van der Waals surface area contributed by atoms with Gasteiger partial charge in [-0.05, 0) is 24.3 Å². The first-order valence-electron chi connectivity index (χ1n) is 4.39. The molecule has 1 aromatic carbocycles. The van der Waals surface area contributed by atoms with E-state index in [9.17, 15) is 22.8 Å². The van der Waals surface area contributed by atoms with E-state index in [1.54, 1.807) is 0 Å². The summed E-state index contributed by atoms with van der Waals surface area (Å²) in [5.74, 6) is -1.27. The highest BCUT2D eigenvalue weighted by molar-refractivity contribution is 8.13. The van der Waals surface area contributed by atoms with Crippen LogP contribution >= 0.6 is 11.8 Å². The lowest BCUT2D eigenvalue weighted by atomic mass is 10.2. The van der Waals surface area contributed by atoms with Crippen molar-refractivity contribution in [3.8, 4) is 0 Å². The third-order valence-electron chi connectivity index (χ3n) is 1.71. The van der Waals surface area contributed by atoms with E-state index < -0.39 is 29.2 Å². The van der Waals surface area contributed by atoms with Gasteiger partial charge in [0.25, 0.3) is 0 Å². The SMILES string of the molecule is O=C(O)CC(=O)Sc1ccc(C(F)(F)F)cc1. The van der Waals surface area contributed by atoms with Crippen molar-refractivity contribution in [1.29, 1.82) is 0 Å². The molecule has 0 heterocycles. The number of aliphatic carboxylic acids is 1. The van der Waals surface area contributed by atoms with Gasteiger partial charge in [-0.15, -0.1) is 0 Å². The highest BCUT2D eigenvalue weighted by Crippen LogP contribution is 2.31. The van der Waals surface area contributed by atoms with Gasteiger partial charge in [0.2, 0.25) is 5.12 Å². The van der Waals surface area contributed by atoms with Gasteiger partial charge in [0.15, 0.2) is 0 Å². The lowest BCUT2D eigenvalue weighted by Gasteiger charge is -2.06. The Balaban J connectivity index is 2.69. The summed E-state index contributed by atoms with van der Waals surface area (Å²) in [5.41, 5.74) is -0.812. The lowest BCUT2D eigenvalue weighted by molar-refractivity contribution is -0.139. The zero-order valence-electron chi connectivity index (χ0n) is 8.32. The second-order valence-corrected chi connectivity index (χ2v) is 4.20. The van der Waals surface area contributed by atoms with Crippen molar-refractivity contribution in [2.45, 2.75) is 17.5 Å². The third kappa shape index (κ3) is 4.48. The molecular formula is C10H7F3O3S. The largest absolute Gasteiger partial charge is 0.481 e. The van der Waals surface area contributed by atoms with Crippen molar-refractivity contribution in [1.82, 2.24) is 0 Å². The quantitative estimate of drug-likeness (QED) is 0.673. The number of carbonyl (C=O) groups excluding carboxylic acids is 1. The molecule has 0 aliphatic heterocycles. The second kappa shape index (κ2) is 5.22. The Kier molecular flexibility index (Phi) is 4.17. The van der Waals surface area contributed by atoms with Crippen molar-refractivity contribution in [3.63, 3.8) is 0 Å². The average molecular weight is 264 g/mol. The molecule has 17 heavy (non-hydrogen) atoms. The average Bonchev–Trinajstić information content (AvgIpc) is 2.15. The maximum absolute atomic E-state index is 12.2. The van der Waals surface area contributed by atoms with Gasteiger partial charge in [0.1, 0.15) is 6.42 Å². The van der Waals surface area contributed by atoms with Gasteiger partial charge < -0.3 is 5.11 Å². The van der Waals surface area contributed by atoms with E-state index in [1.807, 2.05) is 0 Å². The fourth-order valence-electron chi connectivity index (χ4n) is 1.00. The van der Waals surface area contributed by atoms with Gasteiger partial charge in [-0.3, -0.25) is 9.59 Å². The number of hydrogen-bond acceptors (Lipinski definition) is 3. The molecule has 0 saturated carbocycles. The smallest absolute Gasteiger partial charge is 0.416 e. The minimum Gasteiger partial charge on any atom is -0.481 e. The molecule has 7 heteroatoms. The van der Waals surface area contributed by atoms with Crippen LogP contribution in [0.5, 0.6) is 0 Å². The Morgan fingerprint density at radius 1 is 1.18 bits per heavy atom. The van der Waals surface area contributed by atoms with Gasteiger partial charge in [-0.25, -0.2) is 0 Å². The van der Waals surface area contributed by atoms with Crippen LogP contribution in [0.15, 0.2) is 29.2 Å². The zero-order valence-corrected chi connectivity index (χ0v) is 9.14. The van der Waals surface area contributed by atoms with Gasteiger partial charge in [-0.1, -0.05) is 11.8 Å². The van der Waals surface area contributed by atoms with E-state index in [0.29, 0.717) is 11.8 Å². The summed E-state index contributed by atoms with van der Waals surface area (Å²) in [6.07, 6.45) is -5.08. The molecule has 0 aliphatic carbocycles. The molecule has 0 bridgehead atoms. The number of carbonyl (C=O) groups is 2. The molecule has 0 spiro atoms. The maximum Gasteiger partial charge on any atom is 0.416 e. The fraction of sp³-hybridized carbons (Fsp3) is 0.200. The normalized spacial score (nSPS) is 11.2. The Morgan fingerprint density at radius 2 is 1.71 bits per heavy atom. The first kappa shape index (κ1) is 13.6. The summed E-state index contributed by atoms with van der Waals surface area (Å²) in [4.78, 5) is 21.5. The number of benzene rings is 1. The molecule has 1 aromatic rings. The van der Waals surface area contributed by atoms with Crippen LogP contribution in [0.4, 0.5) is 13.2 Å². The molecule has 0 aromatic heterocycles. The molecule has 1 rings (SSSR count). The van der Waals surface area contributed by atoms with E-state index in [2.05, 4.69) is 0 Å². The third-order valence-corrected chi connectivity index (χ3v) is 2.59. The molecule has 92 valence electrons. The standard InChI is InChI=1S/C10H7F3O3S/c11-10(12,13)6-1-3-7(4-2-6)17-9(16)5-8(14)15/h1-4H,5H2,(H,14,15). The molecule has 0 aliphatic rings. The minimum absolute atomic E-state index is 0.282. The Bertz CT molecular complexity index is 425. The maximum atomic E-state index is 12.2. The number of hydrogen-bond donors (Lipinski definition) is 1. The molecule has 0 fully saturated rings. The summed E-state index contributed by atoms with van der Waals surface area (Å²) in [7, 11) is 0. The van der Waals surface area contributed by atoms with Crippen LogP contribution < -0.4 is 0 Å². The van der Waals surface area contributed by atoms with Gasteiger partial charge in [-0.2, -0.15) is 13.2 Å². The lowest BCUT2D eigenvalue weighted by Crippen LogP contribution is -2.04. The number of thioether (sulfide) groups is 1. The predicted octanol–water partition coefficient (Wildman–Crippen LogP) is 2.80. The van der Waals surface area contributed by atoms with Crippen LogP contribution in [0.3, 0.4) is 0 Å². The van der Waals surface area contributed by atoms with Gasteiger partial charge in [0.05, 0.1) is 5.56 Å². The first-order chi connectivity index (χ1) is 7.79. The highest BCUT2D eigenvalue weighted by atomic mass is 32.2. The number of carboxylic acid groups (broad SMARTS) is 1. The van der Waals surface area contributed by atoms with Crippen molar-refractivity contribution in [3.05, 3.63) is 29.8 Å². The van der Waals surface area contributed by atoms with Crippen molar-refractivity contribution < 1.29 is 27.9 Å². The second-order valence-electron chi connectivity index (χ2n) is 3.07. The molecular weight excluding hydrogens is 257 g/mol. The van der Waals surface area contributed by atoms with Gasteiger partial charge in [0, 0.05) is 4.90 Å². The highest BCUT2D eigenvalue weighted by Gasteiger charge is 2.30. The zero-order chi connectivity index (χ0) is 13.1. The Labute approximate surface area is 98.6 Å². The number of halogens is 3. The minimum atomic E-state index is -4.42. The number of alkyl halides is 3. The molecule has 1 N–H and O–H groups in total. The van der Waals surface area contributed by atoms with Crippen LogP contribution in [-0.2, 0) is 15.8 Å². The first-order valence-corrected chi connectivity index (χ1v) is 5.20. The molecule has 0 saturated heterocycles. The summed E-state index contributed by atoms with van der Waals surface area (Å²) in [6.45, 7) is 0. The fourth-order valence-corrected chi connectivity index (χ4v) is 1.73. The summed E-state index contributed by atoms with van der Waals surface area (Å²) in [5, 5.41) is 7.70. The van der Waals surface area contributed by atoms with E-state index in [-0.39, 0.29) is 4.90 Å².